The van der Waals surface area contributed by atoms with Crippen molar-refractivity contribution in [2.75, 3.05) is 0 Å². The first-order valence-electron chi connectivity index (χ1n) is 3.92. The standard InChI is InChI=1S/C9H6INO2S/c1-5-9(11(12)13)7-3-2-6(10)4-8(7)14-5/h2-4H,1H3. The minimum atomic E-state index is -0.305. The Morgan fingerprint density at radius 2 is 2.21 bits per heavy atom. The summed E-state index contributed by atoms with van der Waals surface area (Å²) < 4.78 is 2.09. The Hall–Kier alpha value is -0.690. The van der Waals surface area contributed by atoms with Gasteiger partial charge >= 0.3 is 0 Å². The zero-order valence-corrected chi connectivity index (χ0v) is 10.3. The summed E-state index contributed by atoms with van der Waals surface area (Å²) in [6.07, 6.45) is 0. The molecule has 0 amide bonds. The molecule has 1 aromatic heterocycles. The van der Waals surface area contributed by atoms with Crippen molar-refractivity contribution in [3.05, 3.63) is 36.8 Å². The highest BCUT2D eigenvalue weighted by atomic mass is 127. The molecule has 0 bridgehead atoms. The van der Waals surface area contributed by atoms with E-state index in [-0.39, 0.29) is 10.6 Å². The van der Waals surface area contributed by atoms with E-state index in [9.17, 15) is 10.1 Å². The summed E-state index contributed by atoms with van der Waals surface area (Å²) in [5, 5.41) is 11.5. The molecule has 2 rings (SSSR count). The fourth-order valence-corrected chi connectivity index (χ4v) is 3.18. The second-order valence-electron chi connectivity index (χ2n) is 2.90. The van der Waals surface area contributed by atoms with E-state index in [1.165, 1.54) is 11.3 Å². The quantitative estimate of drug-likeness (QED) is 0.457. The predicted molar refractivity (Wildman–Crippen MR) is 65.9 cm³/mol. The Balaban J connectivity index is 2.84. The largest absolute Gasteiger partial charge is 0.290 e. The molecule has 1 heterocycles. The smallest absolute Gasteiger partial charge is 0.258 e. The number of halogens is 1. The van der Waals surface area contributed by atoms with E-state index in [1.807, 2.05) is 18.2 Å². The number of aryl methyl sites for hydroxylation is 1. The second-order valence-corrected chi connectivity index (χ2v) is 5.41. The molecule has 0 saturated carbocycles. The van der Waals surface area contributed by atoms with Crippen LogP contribution in [0.25, 0.3) is 10.1 Å². The lowest BCUT2D eigenvalue weighted by molar-refractivity contribution is -0.383. The van der Waals surface area contributed by atoms with Gasteiger partial charge in [-0.15, -0.1) is 11.3 Å². The van der Waals surface area contributed by atoms with Crippen LogP contribution in [0, 0.1) is 20.6 Å². The van der Waals surface area contributed by atoms with Gasteiger partial charge in [-0.2, -0.15) is 0 Å². The van der Waals surface area contributed by atoms with Crippen molar-refractivity contribution in [2.24, 2.45) is 0 Å². The Kier molecular flexibility index (Phi) is 2.44. The molecule has 0 unspecified atom stereocenters. The summed E-state index contributed by atoms with van der Waals surface area (Å²) >= 11 is 3.68. The molecule has 0 radical (unpaired) electrons. The summed E-state index contributed by atoms with van der Waals surface area (Å²) in [7, 11) is 0. The van der Waals surface area contributed by atoms with Gasteiger partial charge in [-0.1, -0.05) is 0 Å². The highest BCUT2D eigenvalue weighted by Crippen LogP contribution is 2.37. The van der Waals surface area contributed by atoms with E-state index in [1.54, 1.807) is 6.92 Å². The Bertz CT molecular complexity index is 521. The molecule has 0 aliphatic rings. The van der Waals surface area contributed by atoms with Gasteiger partial charge in [0.05, 0.1) is 15.2 Å². The molecule has 0 saturated heterocycles. The molecule has 0 aliphatic carbocycles. The topological polar surface area (TPSA) is 43.1 Å². The first kappa shape index (κ1) is 9.85. The third kappa shape index (κ3) is 1.50. The van der Waals surface area contributed by atoms with E-state index < -0.39 is 0 Å². The number of nitro groups is 1. The van der Waals surface area contributed by atoms with Gasteiger partial charge in [0.25, 0.3) is 5.69 Å². The molecule has 0 N–H and O–H groups in total. The van der Waals surface area contributed by atoms with Gasteiger partial charge in [0, 0.05) is 8.27 Å². The van der Waals surface area contributed by atoms with Crippen LogP contribution < -0.4 is 0 Å². The van der Waals surface area contributed by atoms with E-state index in [0.717, 1.165) is 18.5 Å². The molecule has 1 aromatic carbocycles. The van der Waals surface area contributed by atoms with Crippen molar-refractivity contribution in [2.45, 2.75) is 6.92 Å². The Labute approximate surface area is 98.0 Å². The third-order valence-electron chi connectivity index (χ3n) is 1.98. The monoisotopic (exact) mass is 319 g/mol. The molecular weight excluding hydrogens is 313 g/mol. The molecule has 0 atom stereocenters. The summed E-state index contributed by atoms with van der Waals surface area (Å²) in [4.78, 5) is 11.3. The molecular formula is C9H6INO2S. The van der Waals surface area contributed by atoms with Crippen molar-refractivity contribution in [3.63, 3.8) is 0 Å². The van der Waals surface area contributed by atoms with E-state index in [2.05, 4.69) is 22.6 Å². The molecule has 72 valence electrons. The number of hydrogen-bond acceptors (Lipinski definition) is 3. The van der Waals surface area contributed by atoms with Crippen molar-refractivity contribution in [1.29, 1.82) is 0 Å². The van der Waals surface area contributed by atoms with Gasteiger partial charge in [-0.3, -0.25) is 10.1 Å². The summed E-state index contributed by atoms with van der Waals surface area (Å²) in [5.41, 5.74) is 0.251. The minimum absolute atomic E-state index is 0.251. The van der Waals surface area contributed by atoms with Crippen LogP contribution >= 0.6 is 33.9 Å². The molecule has 14 heavy (non-hydrogen) atoms. The highest BCUT2D eigenvalue weighted by molar-refractivity contribution is 14.1. The highest BCUT2D eigenvalue weighted by Gasteiger charge is 2.18. The number of benzene rings is 1. The van der Waals surface area contributed by atoms with Crippen LogP contribution in [0.5, 0.6) is 0 Å². The minimum Gasteiger partial charge on any atom is -0.258 e. The Morgan fingerprint density at radius 1 is 1.50 bits per heavy atom. The van der Waals surface area contributed by atoms with Crippen molar-refractivity contribution < 1.29 is 4.92 Å². The molecule has 0 fully saturated rings. The summed E-state index contributed by atoms with van der Waals surface area (Å²) in [6, 6.07) is 5.68. The zero-order chi connectivity index (χ0) is 10.3. The van der Waals surface area contributed by atoms with Gasteiger partial charge in [0.1, 0.15) is 0 Å². The second kappa shape index (κ2) is 3.47. The van der Waals surface area contributed by atoms with Gasteiger partial charge in [0.2, 0.25) is 0 Å². The zero-order valence-electron chi connectivity index (χ0n) is 7.28. The van der Waals surface area contributed by atoms with Gasteiger partial charge in [0.15, 0.2) is 0 Å². The lowest BCUT2D eigenvalue weighted by Crippen LogP contribution is -1.87. The van der Waals surface area contributed by atoms with Crippen LogP contribution in [0.15, 0.2) is 18.2 Å². The number of hydrogen-bond donors (Lipinski definition) is 0. The fraction of sp³-hybridized carbons (Fsp3) is 0.111. The van der Waals surface area contributed by atoms with E-state index >= 15 is 0 Å². The van der Waals surface area contributed by atoms with Crippen LogP contribution in [0.2, 0.25) is 0 Å². The molecule has 0 spiro atoms. The van der Waals surface area contributed by atoms with Crippen LogP contribution in [0.3, 0.4) is 0 Å². The van der Waals surface area contributed by atoms with E-state index in [0.29, 0.717) is 0 Å². The third-order valence-corrected chi connectivity index (χ3v) is 3.71. The molecule has 3 nitrogen and oxygen atoms in total. The van der Waals surface area contributed by atoms with Gasteiger partial charge in [-0.05, 0) is 47.7 Å². The van der Waals surface area contributed by atoms with Crippen molar-refractivity contribution in [3.8, 4) is 0 Å². The lowest BCUT2D eigenvalue weighted by atomic mass is 10.2. The summed E-state index contributed by atoms with van der Waals surface area (Å²) in [5.74, 6) is 0. The first-order chi connectivity index (χ1) is 6.59. The lowest BCUT2D eigenvalue weighted by Gasteiger charge is -1.91. The average Bonchev–Trinajstić information content (AvgIpc) is 2.39. The Morgan fingerprint density at radius 3 is 2.86 bits per heavy atom. The van der Waals surface area contributed by atoms with Gasteiger partial charge < -0.3 is 0 Å². The SMILES string of the molecule is Cc1sc2cc(I)ccc2c1[N+](=O)[O-]. The normalized spacial score (nSPS) is 10.7. The van der Waals surface area contributed by atoms with E-state index in [4.69, 9.17) is 0 Å². The number of rotatable bonds is 1. The number of fused-ring (bicyclic) bond motifs is 1. The average molecular weight is 319 g/mol. The van der Waals surface area contributed by atoms with Gasteiger partial charge in [-0.25, -0.2) is 0 Å². The van der Waals surface area contributed by atoms with Crippen molar-refractivity contribution in [1.82, 2.24) is 0 Å². The molecule has 0 aliphatic heterocycles. The van der Waals surface area contributed by atoms with Crippen molar-refractivity contribution >= 4 is 49.7 Å². The summed E-state index contributed by atoms with van der Waals surface area (Å²) in [6.45, 7) is 1.79. The maximum atomic E-state index is 10.8. The predicted octanol–water partition coefficient (Wildman–Crippen LogP) is 3.72. The fourth-order valence-electron chi connectivity index (χ4n) is 1.41. The van der Waals surface area contributed by atoms with Crippen LogP contribution in [-0.4, -0.2) is 4.92 Å². The number of thiophene rings is 1. The van der Waals surface area contributed by atoms with Crippen LogP contribution in [0.4, 0.5) is 5.69 Å². The maximum absolute atomic E-state index is 10.8. The first-order valence-corrected chi connectivity index (χ1v) is 5.82. The van der Waals surface area contributed by atoms with Crippen LogP contribution in [0.1, 0.15) is 4.88 Å². The number of nitrogens with zero attached hydrogens (tertiary/aromatic N) is 1. The molecule has 5 heteroatoms. The maximum Gasteiger partial charge on any atom is 0.290 e. The van der Waals surface area contributed by atoms with Crippen LogP contribution in [-0.2, 0) is 0 Å². The molecule has 2 aromatic rings.